The second kappa shape index (κ2) is 6.86. The molecule has 2 aromatic rings. The topological polar surface area (TPSA) is 38.3 Å². The second-order valence-corrected chi connectivity index (χ2v) is 6.87. The first-order valence-electron chi connectivity index (χ1n) is 8.27. The largest absolute Gasteiger partial charge is 0.496 e. The van der Waals surface area contributed by atoms with Gasteiger partial charge < -0.3 is 10.1 Å². The molecule has 126 valence electrons. The number of aryl methyl sites for hydroxylation is 1. The molecule has 0 unspecified atom stereocenters. The molecular formula is C20H22ClNO2. The normalized spacial score (nSPS) is 16.0. The van der Waals surface area contributed by atoms with Crippen LogP contribution in [-0.4, -0.2) is 13.0 Å². The van der Waals surface area contributed by atoms with E-state index < -0.39 is 5.41 Å². The van der Waals surface area contributed by atoms with Gasteiger partial charge in [0.05, 0.1) is 12.5 Å². The Bertz CT molecular complexity index is 734. The molecule has 1 aliphatic carbocycles. The second-order valence-electron chi connectivity index (χ2n) is 6.43. The molecule has 2 aromatic carbocycles. The van der Waals surface area contributed by atoms with Gasteiger partial charge in [0.15, 0.2) is 0 Å². The fraction of sp³-hybridized carbons (Fsp3) is 0.350. The van der Waals surface area contributed by atoms with Crippen LogP contribution >= 0.6 is 11.6 Å². The molecule has 1 N–H and O–H groups in total. The number of amides is 1. The Hall–Kier alpha value is -2.00. The van der Waals surface area contributed by atoms with Crippen LogP contribution in [0.1, 0.15) is 36.8 Å². The lowest BCUT2D eigenvalue weighted by molar-refractivity contribution is -0.121. The lowest BCUT2D eigenvalue weighted by atomic mass is 9.78. The molecule has 1 amide bonds. The van der Waals surface area contributed by atoms with Crippen molar-refractivity contribution >= 4 is 23.2 Å². The summed E-state index contributed by atoms with van der Waals surface area (Å²) in [5, 5.41) is 3.80. The Balaban J connectivity index is 1.88. The molecule has 0 bridgehead atoms. The standard InChI is InChI=1S/C20H22ClNO2/c1-14-13-17(9-10-18(14)24-2)22-19(23)20(11-3-4-12-20)15-5-7-16(21)8-6-15/h5-10,13H,3-4,11-12H2,1-2H3,(H,22,23). The first-order chi connectivity index (χ1) is 11.5. The van der Waals surface area contributed by atoms with E-state index in [0.717, 1.165) is 48.2 Å². The van der Waals surface area contributed by atoms with E-state index in [0.29, 0.717) is 5.02 Å². The number of carbonyl (C=O) groups excluding carboxylic acids is 1. The van der Waals surface area contributed by atoms with Crippen LogP contribution in [-0.2, 0) is 10.2 Å². The fourth-order valence-electron chi connectivity index (χ4n) is 3.60. The highest BCUT2D eigenvalue weighted by Gasteiger charge is 2.42. The molecule has 0 aliphatic heterocycles. The average Bonchev–Trinajstić information content (AvgIpc) is 3.07. The Morgan fingerprint density at radius 3 is 2.38 bits per heavy atom. The minimum absolute atomic E-state index is 0.0619. The number of ether oxygens (including phenoxy) is 1. The third-order valence-electron chi connectivity index (χ3n) is 4.94. The lowest BCUT2D eigenvalue weighted by Crippen LogP contribution is -2.38. The van der Waals surface area contributed by atoms with Crippen molar-refractivity contribution < 1.29 is 9.53 Å². The van der Waals surface area contributed by atoms with E-state index in [2.05, 4.69) is 5.32 Å². The van der Waals surface area contributed by atoms with Gasteiger partial charge in [0.25, 0.3) is 0 Å². The number of rotatable bonds is 4. The lowest BCUT2D eigenvalue weighted by Gasteiger charge is -2.28. The molecule has 24 heavy (non-hydrogen) atoms. The zero-order valence-corrected chi connectivity index (χ0v) is 14.8. The maximum absolute atomic E-state index is 13.1. The predicted molar refractivity (Wildman–Crippen MR) is 98.0 cm³/mol. The fourth-order valence-corrected chi connectivity index (χ4v) is 3.73. The van der Waals surface area contributed by atoms with E-state index in [1.54, 1.807) is 7.11 Å². The summed E-state index contributed by atoms with van der Waals surface area (Å²) in [6.07, 6.45) is 3.88. The zero-order valence-electron chi connectivity index (χ0n) is 14.1. The number of halogens is 1. The summed E-state index contributed by atoms with van der Waals surface area (Å²) in [4.78, 5) is 13.1. The van der Waals surface area contributed by atoms with Crippen molar-refractivity contribution in [1.29, 1.82) is 0 Å². The number of methoxy groups -OCH3 is 1. The van der Waals surface area contributed by atoms with Gasteiger partial charge >= 0.3 is 0 Å². The van der Waals surface area contributed by atoms with Gasteiger partial charge in [-0.15, -0.1) is 0 Å². The molecule has 4 heteroatoms. The summed E-state index contributed by atoms with van der Waals surface area (Å²) in [7, 11) is 1.65. The number of nitrogens with one attached hydrogen (secondary N) is 1. The first-order valence-corrected chi connectivity index (χ1v) is 8.65. The van der Waals surface area contributed by atoms with Crippen LogP contribution in [0, 0.1) is 6.92 Å². The molecule has 0 aromatic heterocycles. The number of hydrogen-bond donors (Lipinski definition) is 1. The van der Waals surface area contributed by atoms with Gasteiger partial charge in [0, 0.05) is 10.7 Å². The van der Waals surface area contributed by atoms with E-state index >= 15 is 0 Å². The molecular weight excluding hydrogens is 322 g/mol. The summed E-state index contributed by atoms with van der Waals surface area (Å²) >= 11 is 6.01. The maximum atomic E-state index is 13.1. The van der Waals surface area contributed by atoms with Crippen LogP contribution in [0.2, 0.25) is 5.02 Å². The summed E-state index contributed by atoms with van der Waals surface area (Å²) < 4.78 is 5.28. The van der Waals surface area contributed by atoms with Gasteiger partial charge in [-0.05, 0) is 61.2 Å². The van der Waals surface area contributed by atoms with Gasteiger partial charge in [-0.1, -0.05) is 36.6 Å². The van der Waals surface area contributed by atoms with Crippen molar-refractivity contribution in [2.75, 3.05) is 12.4 Å². The van der Waals surface area contributed by atoms with E-state index in [1.807, 2.05) is 49.4 Å². The molecule has 0 radical (unpaired) electrons. The number of carbonyl (C=O) groups is 1. The number of anilines is 1. The Morgan fingerprint density at radius 1 is 1.12 bits per heavy atom. The van der Waals surface area contributed by atoms with E-state index in [9.17, 15) is 4.79 Å². The van der Waals surface area contributed by atoms with Crippen LogP contribution in [0.4, 0.5) is 5.69 Å². The molecule has 1 saturated carbocycles. The van der Waals surface area contributed by atoms with Crippen LogP contribution < -0.4 is 10.1 Å². The van der Waals surface area contributed by atoms with Gasteiger partial charge in [-0.25, -0.2) is 0 Å². The SMILES string of the molecule is COc1ccc(NC(=O)C2(c3ccc(Cl)cc3)CCCC2)cc1C. The first kappa shape index (κ1) is 16.8. The molecule has 3 nitrogen and oxygen atoms in total. The highest BCUT2D eigenvalue weighted by molar-refractivity contribution is 6.30. The van der Waals surface area contributed by atoms with Crippen molar-refractivity contribution in [3.8, 4) is 5.75 Å². The zero-order chi connectivity index (χ0) is 17.2. The quantitative estimate of drug-likeness (QED) is 0.837. The molecule has 0 heterocycles. The van der Waals surface area contributed by atoms with Crippen molar-refractivity contribution in [3.05, 3.63) is 58.6 Å². The van der Waals surface area contributed by atoms with Gasteiger partial charge in [-0.3, -0.25) is 4.79 Å². The Morgan fingerprint density at radius 2 is 1.79 bits per heavy atom. The molecule has 0 spiro atoms. The van der Waals surface area contributed by atoms with Crippen molar-refractivity contribution in [3.63, 3.8) is 0 Å². The summed E-state index contributed by atoms with van der Waals surface area (Å²) in [6, 6.07) is 13.4. The van der Waals surface area contributed by atoms with Crippen molar-refractivity contribution in [2.24, 2.45) is 0 Å². The Labute approximate surface area is 148 Å². The Kier molecular flexibility index (Phi) is 4.81. The van der Waals surface area contributed by atoms with Crippen LogP contribution in [0.15, 0.2) is 42.5 Å². The highest BCUT2D eigenvalue weighted by Crippen LogP contribution is 2.42. The minimum Gasteiger partial charge on any atom is -0.496 e. The van der Waals surface area contributed by atoms with Gasteiger partial charge in [0.1, 0.15) is 5.75 Å². The van der Waals surface area contributed by atoms with E-state index in [-0.39, 0.29) is 5.91 Å². The third-order valence-corrected chi connectivity index (χ3v) is 5.19. The van der Waals surface area contributed by atoms with Crippen molar-refractivity contribution in [1.82, 2.24) is 0 Å². The number of hydrogen-bond acceptors (Lipinski definition) is 2. The maximum Gasteiger partial charge on any atom is 0.235 e. The van der Waals surface area contributed by atoms with Gasteiger partial charge in [0.2, 0.25) is 5.91 Å². The predicted octanol–water partition coefficient (Wildman–Crippen LogP) is 5.11. The highest BCUT2D eigenvalue weighted by atomic mass is 35.5. The molecule has 1 aliphatic rings. The smallest absolute Gasteiger partial charge is 0.235 e. The van der Waals surface area contributed by atoms with Gasteiger partial charge in [-0.2, -0.15) is 0 Å². The minimum atomic E-state index is -0.460. The summed E-state index contributed by atoms with van der Waals surface area (Å²) in [6.45, 7) is 1.97. The summed E-state index contributed by atoms with van der Waals surface area (Å²) in [5.41, 5.74) is 2.39. The summed E-state index contributed by atoms with van der Waals surface area (Å²) in [5.74, 6) is 0.883. The third kappa shape index (κ3) is 3.13. The molecule has 0 saturated heterocycles. The van der Waals surface area contributed by atoms with Crippen LogP contribution in [0.5, 0.6) is 5.75 Å². The number of benzene rings is 2. The van der Waals surface area contributed by atoms with Crippen LogP contribution in [0.3, 0.4) is 0 Å². The molecule has 0 atom stereocenters. The van der Waals surface area contributed by atoms with E-state index in [4.69, 9.17) is 16.3 Å². The van der Waals surface area contributed by atoms with Crippen LogP contribution in [0.25, 0.3) is 0 Å². The monoisotopic (exact) mass is 343 g/mol. The average molecular weight is 344 g/mol. The molecule has 3 rings (SSSR count). The van der Waals surface area contributed by atoms with E-state index in [1.165, 1.54) is 0 Å². The van der Waals surface area contributed by atoms with Crippen molar-refractivity contribution in [2.45, 2.75) is 38.0 Å². The molecule has 1 fully saturated rings.